The van der Waals surface area contributed by atoms with Crippen LogP contribution >= 0.6 is 0 Å². The predicted octanol–water partition coefficient (Wildman–Crippen LogP) is 0.552. The van der Waals surface area contributed by atoms with Crippen LogP contribution in [-0.2, 0) is 0 Å². The van der Waals surface area contributed by atoms with Gasteiger partial charge >= 0.3 is 0 Å². The summed E-state index contributed by atoms with van der Waals surface area (Å²) in [5.41, 5.74) is 0. The summed E-state index contributed by atoms with van der Waals surface area (Å²) in [7, 11) is 3.75. The van der Waals surface area contributed by atoms with Crippen molar-refractivity contribution in [3.8, 4) is 0 Å². The molecule has 0 radical (unpaired) electrons. The van der Waals surface area contributed by atoms with Crippen LogP contribution in [0.25, 0.3) is 0 Å². The molecule has 7 nitrogen and oxygen atoms in total. The molecule has 102 valence electrons. The van der Waals surface area contributed by atoms with E-state index in [4.69, 9.17) is 0 Å². The highest BCUT2D eigenvalue weighted by atomic mass is 16.3. The van der Waals surface area contributed by atoms with Crippen molar-refractivity contribution in [2.45, 2.75) is 26.3 Å². The van der Waals surface area contributed by atoms with Crippen molar-refractivity contribution in [2.75, 3.05) is 42.8 Å². The van der Waals surface area contributed by atoms with Crippen molar-refractivity contribution in [3.05, 3.63) is 0 Å². The zero-order valence-corrected chi connectivity index (χ0v) is 11.4. The molecule has 3 N–H and O–H groups in total. The first-order chi connectivity index (χ1) is 8.60. The first-order valence-electron chi connectivity index (χ1n) is 6.15. The highest BCUT2D eigenvalue weighted by Gasteiger charge is 2.11. The first kappa shape index (κ1) is 14.4. The Balaban J connectivity index is 2.95. The van der Waals surface area contributed by atoms with Crippen LogP contribution in [0.15, 0.2) is 0 Å². The second-order valence-corrected chi connectivity index (χ2v) is 4.14. The van der Waals surface area contributed by atoms with E-state index in [1.165, 1.54) is 0 Å². The highest BCUT2D eigenvalue weighted by molar-refractivity contribution is 5.43. The van der Waals surface area contributed by atoms with Gasteiger partial charge in [-0.2, -0.15) is 15.0 Å². The fourth-order valence-corrected chi connectivity index (χ4v) is 1.33. The Morgan fingerprint density at radius 3 is 2.33 bits per heavy atom. The lowest BCUT2D eigenvalue weighted by Crippen LogP contribution is -2.25. The summed E-state index contributed by atoms with van der Waals surface area (Å²) < 4.78 is 0. The molecule has 1 rings (SSSR count). The summed E-state index contributed by atoms with van der Waals surface area (Å²) in [4.78, 5) is 14.6. The molecule has 0 saturated heterocycles. The van der Waals surface area contributed by atoms with Gasteiger partial charge in [-0.1, -0.05) is 6.92 Å². The molecule has 7 heteroatoms. The van der Waals surface area contributed by atoms with Crippen molar-refractivity contribution in [3.63, 3.8) is 0 Å². The predicted molar refractivity (Wildman–Crippen MR) is 73.1 cm³/mol. The van der Waals surface area contributed by atoms with Crippen molar-refractivity contribution >= 4 is 17.8 Å². The summed E-state index contributed by atoms with van der Waals surface area (Å²) in [5, 5.41) is 15.3. The third-order valence-electron chi connectivity index (χ3n) is 2.40. The van der Waals surface area contributed by atoms with Gasteiger partial charge < -0.3 is 20.6 Å². The summed E-state index contributed by atoms with van der Waals surface area (Å²) in [6, 6.07) is -0.0445. The number of aromatic nitrogens is 3. The van der Waals surface area contributed by atoms with Gasteiger partial charge in [0.25, 0.3) is 0 Å². The quantitative estimate of drug-likeness (QED) is 0.655. The molecule has 1 aromatic rings. The van der Waals surface area contributed by atoms with Gasteiger partial charge in [0.05, 0.1) is 12.6 Å². The Labute approximate surface area is 108 Å². The first-order valence-corrected chi connectivity index (χ1v) is 6.15. The Kier molecular flexibility index (Phi) is 5.57. The summed E-state index contributed by atoms with van der Waals surface area (Å²) in [6.45, 7) is 4.77. The number of anilines is 3. The molecule has 1 atom stereocenters. The van der Waals surface area contributed by atoms with Crippen LogP contribution < -0.4 is 15.5 Å². The Bertz CT molecular complexity index is 367. The van der Waals surface area contributed by atoms with E-state index in [1.807, 2.05) is 32.8 Å². The van der Waals surface area contributed by atoms with Gasteiger partial charge in [-0.3, -0.25) is 0 Å². The van der Waals surface area contributed by atoms with E-state index in [9.17, 15) is 5.11 Å². The van der Waals surface area contributed by atoms with Gasteiger partial charge in [-0.15, -0.1) is 0 Å². The molecule has 0 amide bonds. The SMILES string of the molecule is CCNc1nc(NC(CC)CO)nc(N(C)C)n1. The number of aliphatic hydroxyl groups is 1. The lowest BCUT2D eigenvalue weighted by Gasteiger charge is -2.17. The zero-order chi connectivity index (χ0) is 13.5. The van der Waals surface area contributed by atoms with Crippen molar-refractivity contribution in [1.82, 2.24) is 15.0 Å². The molecule has 0 aliphatic rings. The van der Waals surface area contributed by atoms with E-state index >= 15 is 0 Å². The topological polar surface area (TPSA) is 86.2 Å². The van der Waals surface area contributed by atoms with E-state index < -0.39 is 0 Å². The van der Waals surface area contributed by atoms with Crippen LogP contribution in [0.2, 0.25) is 0 Å². The van der Waals surface area contributed by atoms with Crippen LogP contribution in [0.3, 0.4) is 0 Å². The Hall–Kier alpha value is -1.63. The van der Waals surface area contributed by atoms with Crippen LogP contribution in [0.4, 0.5) is 17.8 Å². The zero-order valence-electron chi connectivity index (χ0n) is 11.4. The number of aliphatic hydroxyl groups excluding tert-OH is 1. The molecule has 1 aromatic heterocycles. The fourth-order valence-electron chi connectivity index (χ4n) is 1.33. The van der Waals surface area contributed by atoms with E-state index in [0.29, 0.717) is 17.8 Å². The largest absolute Gasteiger partial charge is 0.394 e. The van der Waals surface area contributed by atoms with Gasteiger partial charge in [0.15, 0.2) is 0 Å². The molecular weight excluding hydrogens is 232 g/mol. The van der Waals surface area contributed by atoms with E-state index in [1.54, 1.807) is 0 Å². The van der Waals surface area contributed by atoms with Crippen LogP contribution in [0.5, 0.6) is 0 Å². The number of nitrogens with zero attached hydrogens (tertiary/aromatic N) is 4. The van der Waals surface area contributed by atoms with Crippen LogP contribution in [0.1, 0.15) is 20.3 Å². The van der Waals surface area contributed by atoms with Gasteiger partial charge in [-0.25, -0.2) is 0 Å². The van der Waals surface area contributed by atoms with Crippen molar-refractivity contribution < 1.29 is 5.11 Å². The number of nitrogens with one attached hydrogen (secondary N) is 2. The molecular formula is C11H22N6O. The molecule has 0 spiro atoms. The van der Waals surface area contributed by atoms with Gasteiger partial charge in [-0.05, 0) is 13.3 Å². The van der Waals surface area contributed by atoms with Crippen molar-refractivity contribution in [2.24, 2.45) is 0 Å². The normalized spacial score (nSPS) is 12.1. The van der Waals surface area contributed by atoms with Crippen LogP contribution in [-0.4, -0.2) is 53.3 Å². The molecule has 0 fully saturated rings. The minimum absolute atomic E-state index is 0.0445. The molecule has 18 heavy (non-hydrogen) atoms. The molecule has 0 bridgehead atoms. The molecule has 0 saturated carbocycles. The van der Waals surface area contributed by atoms with E-state index in [2.05, 4.69) is 25.6 Å². The molecule has 1 heterocycles. The van der Waals surface area contributed by atoms with Gasteiger partial charge in [0.2, 0.25) is 17.8 Å². The van der Waals surface area contributed by atoms with Crippen LogP contribution in [0, 0.1) is 0 Å². The smallest absolute Gasteiger partial charge is 0.231 e. The summed E-state index contributed by atoms with van der Waals surface area (Å²) >= 11 is 0. The third-order valence-corrected chi connectivity index (χ3v) is 2.40. The molecule has 0 aliphatic heterocycles. The Morgan fingerprint density at radius 1 is 1.17 bits per heavy atom. The van der Waals surface area contributed by atoms with Crippen molar-refractivity contribution in [1.29, 1.82) is 0 Å². The van der Waals surface area contributed by atoms with Gasteiger partial charge in [0, 0.05) is 20.6 Å². The second kappa shape index (κ2) is 6.95. The maximum Gasteiger partial charge on any atom is 0.231 e. The monoisotopic (exact) mass is 254 g/mol. The molecule has 1 unspecified atom stereocenters. The maximum absolute atomic E-state index is 9.18. The Morgan fingerprint density at radius 2 is 1.83 bits per heavy atom. The fraction of sp³-hybridized carbons (Fsp3) is 0.727. The summed E-state index contributed by atoms with van der Waals surface area (Å²) in [6.07, 6.45) is 0.802. The number of rotatable bonds is 7. The minimum atomic E-state index is -0.0445. The average molecular weight is 254 g/mol. The molecule has 0 aliphatic carbocycles. The third kappa shape index (κ3) is 3.99. The standard InChI is InChI=1S/C11H22N6O/c1-5-8(7-18)13-10-14-9(12-6-2)15-11(16-10)17(3)4/h8,18H,5-7H2,1-4H3,(H2,12,13,14,15,16). The summed E-state index contributed by atoms with van der Waals surface area (Å²) in [5.74, 6) is 1.59. The lowest BCUT2D eigenvalue weighted by molar-refractivity contribution is 0.271. The number of hydrogen-bond donors (Lipinski definition) is 3. The van der Waals surface area contributed by atoms with Gasteiger partial charge in [0.1, 0.15) is 0 Å². The van der Waals surface area contributed by atoms with E-state index in [0.717, 1.165) is 13.0 Å². The average Bonchev–Trinajstić information content (AvgIpc) is 2.36. The second-order valence-electron chi connectivity index (χ2n) is 4.14. The minimum Gasteiger partial charge on any atom is -0.394 e. The highest BCUT2D eigenvalue weighted by Crippen LogP contribution is 2.12. The number of hydrogen-bond acceptors (Lipinski definition) is 7. The maximum atomic E-state index is 9.18. The lowest BCUT2D eigenvalue weighted by atomic mass is 10.2. The van der Waals surface area contributed by atoms with E-state index in [-0.39, 0.29) is 12.6 Å². The molecule has 0 aromatic carbocycles.